The van der Waals surface area contributed by atoms with E-state index in [1.807, 2.05) is 0 Å². The van der Waals surface area contributed by atoms with Gasteiger partial charge in [-0.15, -0.1) is 0 Å². The van der Waals surface area contributed by atoms with Crippen molar-refractivity contribution in [2.45, 2.75) is 19.4 Å². The van der Waals surface area contributed by atoms with E-state index in [0.717, 1.165) is 32.1 Å². The Kier molecular flexibility index (Phi) is 6.18. The second-order valence-electron chi connectivity index (χ2n) is 4.18. The molecule has 5 nitrogen and oxygen atoms in total. The van der Waals surface area contributed by atoms with E-state index in [0.29, 0.717) is 12.5 Å². The number of aliphatic imine (C=N–C) groups is 1. The van der Waals surface area contributed by atoms with Gasteiger partial charge in [0.25, 0.3) is 0 Å². The molecule has 1 rings (SSSR count). The molecule has 0 saturated carbocycles. The summed E-state index contributed by atoms with van der Waals surface area (Å²) in [5.41, 5.74) is 0. The van der Waals surface area contributed by atoms with Crippen LogP contribution in [-0.2, 0) is 9.47 Å². The minimum Gasteiger partial charge on any atom is -0.383 e. The van der Waals surface area contributed by atoms with Gasteiger partial charge in [-0.1, -0.05) is 0 Å². The van der Waals surface area contributed by atoms with E-state index in [2.05, 4.69) is 22.5 Å². The highest BCUT2D eigenvalue weighted by Crippen LogP contribution is 2.10. The van der Waals surface area contributed by atoms with Crippen LogP contribution in [0.4, 0.5) is 0 Å². The topological polar surface area (TPSA) is 54.9 Å². The van der Waals surface area contributed by atoms with Crippen LogP contribution in [0.25, 0.3) is 0 Å². The first-order valence-electron chi connectivity index (χ1n) is 5.80. The summed E-state index contributed by atoms with van der Waals surface area (Å²) in [5, 5.41) is 6.57. The second kappa shape index (κ2) is 7.46. The molecule has 0 aromatic carbocycles. The maximum absolute atomic E-state index is 5.32. The fourth-order valence-corrected chi connectivity index (χ4v) is 1.71. The fourth-order valence-electron chi connectivity index (χ4n) is 1.71. The molecule has 1 saturated heterocycles. The average molecular weight is 229 g/mol. The van der Waals surface area contributed by atoms with Gasteiger partial charge in [-0.25, -0.2) is 0 Å². The Hall–Kier alpha value is -0.810. The van der Waals surface area contributed by atoms with Gasteiger partial charge < -0.3 is 20.1 Å². The standard InChI is InChI=1S/C11H23N3O2/c1-9(7-15-3)14-11(12-2)13-6-10-4-5-16-8-10/h9-10H,4-8H2,1-3H3,(H2,12,13,14). The van der Waals surface area contributed by atoms with E-state index < -0.39 is 0 Å². The number of hydrogen-bond donors (Lipinski definition) is 2. The first-order chi connectivity index (χ1) is 7.76. The van der Waals surface area contributed by atoms with Crippen LogP contribution in [0.3, 0.4) is 0 Å². The van der Waals surface area contributed by atoms with Crippen LogP contribution in [0.1, 0.15) is 13.3 Å². The van der Waals surface area contributed by atoms with Crippen molar-refractivity contribution in [1.29, 1.82) is 0 Å². The lowest BCUT2D eigenvalue weighted by atomic mass is 10.1. The van der Waals surface area contributed by atoms with E-state index in [-0.39, 0.29) is 6.04 Å². The Morgan fingerprint density at radius 1 is 1.62 bits per heavy atom. The van der Waals surface area contributed by atoms with E-state index in [1.165, 1.54) is 0 Å². The van der Waals surface area contributed by atoms with Crippen LogP contribution >= 0.6 is 0 Å². The Morgan fingerprint density at radius 2 is 2.44 bits per heavy atom. The molecule has 0 spiro atoms. The third kappa shape index (κ3) is 4.81. The lowest BCUT2D eigenvalue weighted by molar-refractivity contribution is 0.178. The highest BCUT2D eigenvalue weighted by atomic mass is 16.5. The Bertz CT molecular complexity index is 215. The van der Waals surface area contributed by atoms with Crippen molar-refractivity contribution in [2.24, 2.45) is 10.9 Å². The van der Waals surface area contributed by atoms with E-state index >= 15 is 0 Å². The summed E-state index contributed by atoms with van der Waals surface area (Å²) in [6.07, 6.45) is 1.14. The molecule has 2 N–H and O–H groups in total. The third-order valence-corrected chi connectivity index (χ3v) is 2.61. The summed E-state index contributed by atoms with van der Waals surface area (Å²) in [7, 11) is 3.48. The molecular formula is C11H23N3O2. The van der Waals surface area contributed by atoms with Gasteiger partial charge in [-0.3, -0.25) is 4.99 Å². The largest absolute Gasteiger partial charge is 0.383 e. The van der Waals surface area contributed by atoms with E-state index in [9.17, 15) is 0 Å². The highest BCUT2D eigenvalue weighted by molar-refractivity contribution is 5.79. The zero-order chi connectivity index (χ0) is 11.8. The molecule has 0 aliphatic carbocycles. The number of ether oxygens (including phenoxy) is 2. The number of rotatable bonds is 5. The molecule has 0 radical (unpaired) electrons. The van der Waals surface area contributed by atoms with Gasteiger partial charge in [-0.2, -0.15) is 0 Å². The van der Waals surface area contributed by atoms with Crippen molar-refractivity contribution < 1.29 is 9.47 Å². The monoisotopic (exact) mass is 229 g/mol. The van der Waals surface area contributed by atoms with Gasteiger partial charge in [-0.05, 0) is 13.3 Å². The second-order valence-corrected chi connectivity index (χ2v) is 4.18. The predicted octanol–water partition coefficient (Wildman–Crippen LogP) is 0.223. The molecular weight excluding hydrogens is 206 g/mol. The molecule has 1 heterocycles. The van der Waals surface area contributed by atoms with Crippen LogP contribution in [-0.4, -0.2) is 52.5 Å². The maximum Gasteiger partial charge on any atom is 0.191 e. The summed E-state index contributed by atoms with van der Waals surface area (Å²) < 4.78 is 10.4. The van der Waals surface area contributed by atoms with Gasteiger partial charge in [0.1, 0.15) is 0 Å². The molecule has 0 aromatic rings. The average Bonchev–Trinajstić information content (AvgIpc) is 2.77. The van der Waals surface area contributed by atoms with Crippen molar-refractivity contribution in [3.05, 3.63) is 0 Å². The lowest BCUT2D eigenvalue weighted by Crippen LogP contribution is -2.45. The minimum absolute atomic E-state index is 0.260. The first kappa shape index (κ1) is 13.3. The number of nitrogens with zero attached hydrogens (tertiary/aromatic N) is 1. The molecule has 16 heavy (non-hydrogen) atoms. The predicted molar refractivity (Wildman–Crippen MR) is 64.8 cm³/mol. The van der Waals surface area contributed by atoms with Gasteiger partial charge in [0.2, 0.25) is 0 Å². The van der Waals surface area contributed by atoms with Crippen LogP contribution in [0.15, 0.2) is 4.99 Å². The third-order valence-electron chi connectivity index (χ3n) is 2.61. The van der Waals surface area contributed by atoms with Crippen molar-refractivity contribution in [2.75, 3.05) is 40.5 Å². The molecule has 5 heteroatoms. The molecule has 2 atom stereocenters. The molecule has 1 aliphatic heterocycles. The normalized spacial score (nSPS) is 23.2. The molecule has 2 unspecified atom stereocenters. The van der Waals surface area contributed by atoms with Crippen LogP contribution in [0.2, 0.25) is 0 Å². The maximum atomic E-state index is 5.32. The van der Waals surface area contributed by atoms with E-state index in [4.69, 9.17) is 9.47 Å². The summed E-state index contributed by atoms with van der Waals surface area (Å²) in [6.45, 7) is 5.40. The molecule has 0 bridgehead atoms. The molecule has 0 aromatic heterocycles. The van der Waals surface area contributed by atoms with Crippen molar-refractivity contribution in [3.8, 4) is 0 Å². The number of hydrogen-bond acceptors (Lipinski definition) is 3. The lowest BCUT2D eigenvalue weighted by Gasteiger charge is -2.18. The SMILES string of the molecule is CN=C(NCC1CCOC1)NC(C)COC. The molecule has 94 valence electrons. The van der Waals surface area contributed by atoms with E-state index in [1.54, 1.807) is 14.2 Å². The van der Waals surface area contributed by atoms with Crippen molar-refractivity contribution in [3.63, 3.8) is 0 Å². The number of nitrogens with one attached hydrogen (secondary N) is 2. The van der Waals surface area contributed by atoms with Crippen LogP contribution < -0.4 is 10.6 Å². The summed E-state index contributed by atoms with van der Waals surface area (Å²) in [4.78, 5) is 4.17. The van der Waals surface area contributed by atoms with Gasteiger partial charge in [0.15, 0.2) is 5.96 Å². The zero-order valence-electron chi connectivity index (χ0n) is 10.5. The highest BCUT2D eigenvalue weighted by Gasteiger charge is 2.15. The van der Waals surface area contributed by atoms with Gasteiger partial charge >= 0.3 is 0 Å². The molecule has 1 aliphatic rings. The van der Waals surface area contributed by atoms with Gasteiger partial charge in [0.05, 0.1) is 13.2 Å². The minimum atomic E-state index is 0.260. The number of methoxy groups -OCH3 is 1. The number of guanidine groups is 1. The van der Waals surface area contributed by atoms with Gasteiger partial charge in [0, 0.05) is 39.3 Å². The summed E-state index contributed by atoms with van der Waals surface area (Å²) in [5.74, 6) is 1.44. The Labute approximate surface area is 97.6 Å². The summed E-state index contributed by atoms with van der Waals surface area (Å²) in [6, 6.07) is 0.260. The van der Waals surface area contributed by atoms with Crippen molar-refractivity contribution >= 4 is 5.96 Å². The first-order valence-corrected chi connectivity index (χ1v) is 5.80. The zero-order valence-corrected chi connectivity index (χ0v) is 10.5. The molecule has 0 amide bonds. The summed E-state index contributed by atoms with van der Waals surface area (Å²) >= 11 is 0. The smallest absolute Gasteiger partial charge is 0.191 e. The molecule has 1 fully saturated rings. The Balaban J connectivity index is 2.20. The fraction of sp³-hybridized carbons (Fsp3) is 0.909. The van der Waals surface area contributed by atoms with Crippen molar-refractivity contribution in [1.82, 2.24) is 10.6 Å². The van der Waals surface area contributed by atoms with Crippen LogP contribution in [0, 0.1) is 5.92 Å². The van der Waals surface area contributed by atoms with Crippen LogP contribution in [0.5, 0.6) is 0 Å². The quantitative estimate of drug-likeness (QED) is 0.523. The Morgan fingerprint density at radius 3 is 3.00 bits per heavy atom.